The van der Waals surface area contributed by atoms with Gasteiger partial charge < -0.3 is 19.1 Å². The highest BCUT2D eigenvalue weighted by Gasteiger charge is 2.31. The van der Waals surface area contributed by atoms with Crippen molar-refractivity contribution in [2.75, 3.05) is 27.3 Å². The van der Waals surface area contributed by atoms with E-state index in [9.17, 15) is 9.59 Å². The second-order valence-corrected chi connectivity index (χ2v) is 9.73. The van der Waals surface area contributed by atoms with Gasteiger partial charge in [0.05, 0.1) is 31.0 Å². The van der Waals surface area contributed by atoms with Crippen LogP contribution < -0.4 is 4.74 Å². The first-order valence-electron chi connectivity index (χ1n) is 12.3. The lowest BCUT2D eigenvalue weighted by atomic mass is 9.85. The number of nitrogens with zero attached hydrogens (tertiary/aromatic N) is 5. The summed E-state index contributed by atoms with van der Waals surface area (Å²) in [6.45, 7) is 3.21. The van der Waals surface area contributed by atoms with Crippen molar-refractivity contribution in [1.29, 1.82) is 0 Å². The molecule has 2 heterocycles. The predicted molar refractivity (Wildman–Crippen MR) is 127 cm³/mol. The van der Waals surface area contributed by atoms with Gasteiger partial charge >= 0.3 is 12.1 Å². The summed E-state index contributed by atoms with van der Waals surface area (Å²) < 4.78 is 18.0. The molecule has 0 aliphatic heterocycles. The molecule has 0 spiro atoms. The molecule has 0 bridgehead atoms. The van der Waals surface area contributed by atoms with Crippen LogP contribution in [0.3, 0.4) is 0 Å². The van der Waals surface area contributed by atoms with Crippen LogP contribution in [0.2, 0.25) is 0 Å². The van der Waals surface area contributed by atoms with Crippen molar-refractivity contribution in [3.63, 3.8) is 0 Å². The normalized spacial score (nSPS) is 19.8. The molecule has 2 fully saturated rings. The van der Waals surface area contributed by atoms with Gasteiger partial charge in [0.1, 0.15) is 23.7 Å². The van der Waals surface area contributed by atoms with Gasteiger partial charge in [-0.3, -0.25) is 4.79 Å². The number of esters is 1. The highest BCUT2D eigenvalue weighted by molar-refractivity contribution is 5.72. The summed E-state index contributed by atoms with van der Waals surface area (Å²) >= 11 is 0. The number of aryl methyl sites for hydroxylation is 2. The van der Waals surface area contributed by atoms with Crippen LogP contribution in [0.1, 0.15) is 49.9 Å². The molecule has 0 aromatic carbocycles. The van der Waals surface area contributed by atoms with Crippen molar-refractivity contribution < 1.29 is 23.8 Å². The Morgan fingerprint density at radius 1 is 1.17 bits per heavy atom. The molecule has 4 rings (SSSR count). The maximum absolute atomic E-state index is 12.4. The number of aromatic nitrogens is 4. The smallest absolute Gasteiger partial charge is 0.409 e. The molecule has 1 amide bonds. The lowest BCUT2D eigenvalue weighted by Gasteiger charge is -2.29. The third-order valence-corrected chi connectivity index (χ3v) is 7.17. The molecular formula is C25H35N5O5. The second kappa shape index (κ2) is 11.0. The fraction of sp³-hybridized carbons (Fsp3) is 0.640. The first-order chi connectivity index (χ1) is 16.9. The minimum atomic E-state index is -0.349. The van der Waals surface area contributed by atoms with E-state index < -0.39 is 0 Å². The van der Waals surface area contributed by atoms with Gasteiger partial charge in [0.2, 0.25) is 0 Å². The van der Waals surface area contributed by atoms with Crippen LogP contribution in [0, 0.1) is 24.7 Å². The summed E-state index contributed by atoms with van der Waals surface area (Å²) in [4.78, 5) is 30.5. The SMILES string of the molecule is COC(=O)[C@H]1CC[C@@H](COc2ccc(-c3nnn(C)c3COC(=O)N(C)CC3CCC3)nc2C)C1. The standard InChI is InChI=1S/C25H35N5O5/c1-16-22(34-14-18-8-9-19(12-18)24(31)33-4)11-10-20(26-16)23-21(30(3)28-27-23)15-35-25(32)29(2)13-17-6-5-7-17/h10-11,17-19H,5-9,12-15H2,1-4H3/t18-,19+/m1/s1. The van der Waals surface area contributed by atoms with Gasteiger partial charge in [-0.15, -0.1) is 5.10 Å². The van der Waals surface area contributed by atoms with Crippen molar-refractivity contribution in [1.82, 2.24) is 24.9 Å². The quantitative estimate of drug-likeness (QED) is 0.497. The maximum atomic E-state index is 12.4. The molecule has 10 nitrogen and oxygen atoms in total. The molecule has 2 aliphatic carbocycles. The molecule has 2 aromatic heterocycles. The van der Waals surface area contributed by atoms with E-state index in [1.54, 1.807) is 23.7 Å². The lowest BCUT2D eigenvalue weighted by molar-refractivity contribution is -0.145. The zero-order valence-electron chi connectivity index (χ0n) is 21.0. The predicted octanol–water partition coefficient (Wildman–Crippen LogP) is 3.52. The number of carbonyl (C=O) groups excluding carboxylic acids is 2. The minimum Gasteiger partial charge on any atom is -0.491 e. The van der Waals surface area contributed by atoms with Crippen LogP contribution >= 0.6 is 0 Å². The van der Waals surface area contributed by atoms with E-state index in [2.05, 4.69) is 15.3 Å². The minimum absolute atomic E-state index is 0.0302. The third kappa shape index (κ3) is 5.91. The van der Waals surface area contributed by atoms with Crippen molar-refractivity contribution >= 4 is 12.1 Å². The molecule has 2 aliphatic rings. The van der Waals surface area contributed by atoms with Crippen LogP contribution in [-0.2, 0) is 27.9 Å². The number of ether oxygens (including phenoxy) is 3. The average Bonchev–Trinajstić information content (AvgIpc) is 3.45. The van der Waals surface area contributed by atoms with Gasteiger partial charge in [-0.25, -0.2) is 14.5 Å². The summed E-state index contributed by atoms with van der Waals surface area (Å²) in [6.07, 6.45) is 5.81. The van der Waals surface area contributed by atoms with E-state index in [1.165, 1.54) is 26.4 Å². The number of carbonyl (C=O) groups is 2. The van der Waals surface area contributed by atoms with Crippen molar-refractivity contribution in [3.05, 3.63) is 23.5 Å². The summed E-state index contributed by atoms with van der Waals surface area (Å²) in [5, 5.41) is 8.36. The van der Waals surface area contributed by atoms with E-state index in [-0.39, 0.29) is 24.6 Å². The van der Waals surface area contributed by atoms with Crippen LogP contribution in [0.5, 0.6) is 5.75 Å². The van der Waals surface area contributed by atoms with Crippen LogP contribution in [-0.4, -0.2) is 64.2 Å². The van der Waals surface area contributed by atoms with Crippen molar-refractivity contribution in [2.45, 2.75) is 52.1 Å². The van der Waals surface area contributed by atoms with Crippen molar-refractivity contribution in [3.8, 4) is 17.1 Å². The molecule has 0 radical (unpaired) electrons. The van der Waals surface area contributed by atoms with E-state index >= 15 is 0 Å². The molecule has 2 saturated carbocycles. The Bertz CT molecular complexity index is 1050. The number of hydrogen-bond donors (Lipinski definition) is 0. The summed E-state index contributed by atoms with van der Waals surface area (Å²) in [5.41, 5.74) is 2.63. The number of pyridine rings is 1. The molecule has 0 saturated heterocycles. The first kappa shape index (κ1) is 24.9. The summed E-state index contributed by atoms with van der Waals surface area (Å²) in [6, 6.07) is 3.72. The maximum Gasteiger partial charge on any atom is 0.409 e. The largest absolute Gasteiger partial charge is 0.491 e. The molecular weight excluding hydrogens is 450 g/mol. The van der Waals surface area contributed by atoms with Gasteiger partial charge in [0, 0.05) is 20.6 Å². The number of rotatable bonds is 9. The van der Waals surface area contributed by atoms with Gasteiger partial charge in [-0.1, -0.05) is 11.6 Å². The van der Waals surface area contributed by atoms with Crippen LogP contribution in [0.4, 0.5) is 4.79 Å². The fourth-order valence-corrected chi connectivity index (χ4v) is 4.76. The molecule has 0 N–H and O–H groups in total. The Hall–Kier alpha value is -3.17. The van der Waals surface area contributed by atoms with E-state index in [1.807, 2.05) is 19.1 Å². The molecule has 190 valence electrons. The molecule has 35 heavy (non-hydrogen) atoms. The van der Waals surface area contributed by atoms with Gasteiger partial charge in [-0.05, 0) is 63.0 Å². The Morgan fingerprint density at radius 2 is 1.97 bits per heavy atom. The van der Waals surface area contributed by atoms with E-state index in [0.717, 1.165) is 31.5 Å². The Kier molecular flexibility index (Phi) is 7.87. The van der Waals surface area contributed by atoms with Crippen molar-refractivity contribution in [2.24, 2.45) is 24.8 Å². The van der Waals surface area contributed by atoms with E-state index in [4.69, 9.17) is 14.2 Å². The highest BCUT2D eigenvalue weighted by atomic mass is 16.6. The number of hydrogen-bond acceptors (Lipinski definition) is 8. The van der Waals surface area contributed by atoms with E-state index in [0.29, 0.717) is 41.3 Å². The zero-order chi connectivity index (χ0) is 24.9. The Balaban J connectivity index is 1.35. The highest BCUT2D eigenvalue weighted by Crippen LogP contribution is 2.33. The van der Waals surface area contributed by atoms with Crippen LogP contribution in [0.15, 0.2) is 12.1 Å². The monoisotopic (exact) mass is 485 g/mol. The Morgan fingerprint density at radius 3 is 2.66 bits per heavy atom. The third-order valence-electron chi connectivity index (χ3n) is 7.17. The van der Waals surface area contributed by atoms with Gasteiger partial charge in [0.25, 0.3) is 0 Å². The topological polar surface area (TPSA) is 109 Å². The lowest BCUT2D eigenvalue weighted by Crippen LogP contribution is -2.34. The molecule has 2 aromatic rings. The number of methoxy groups -OCH3 is 1. The first-order valence-corrected chi connectivity index (χ1v) is 12.3. The molecule has 2 atom stereocenters. The summed E-state index contributed by atoms with van der Waals surface area (Å²) in [7, 11) is 4.98. The summed E-state index contributed by atoms with van der Waals surface area (Å²) in [5.74, 6) is 1.44. The van der Waals surface area contributed by atoms with Gasteiger partial charge in [0.15, 0.2) is 0 Å². The van der Waals surface area contributed by atoms with Gasteiger partial charge in [-0.2, -0.15) is 0 Å². The molecule has 10 heteroatoms. The Labute approximate surface area is 205 Å². The zero-order valence-corrected chi connectivity index (χ0v) is 21.0. The molecule has 0 unspecified atom stereocenters. The average molecular weight is 486 g/mol. The number of amides is 1. The fourth-order valence-electron chi connectivity index (χ4n) is 4.76. The second-order valence-electron chi connectivity index (χ2n) is 9.73. The van der Waals surface area contributed by atoms with Crippen LogP contribution in [0.25, 0.3) is 11.4 Å².